The van der Waals surface area contributed by atoms with Crippen LogP contribution in [0.3, 0.4) is 0 Å². The van der Waals surface area contributed by atoms with E-state index in [-0.39, 0.29) is 17.2 Å². The summed E-state index contributed by atoms with van der Waals surface area (Å²) in [4.78, 5) is 23.0. The van der Waals surface area contributed by atoms with Crippen molar-refractivity contribution in [2.45, 2.75) is 51.5 Å². The van der Waals surface area contributed by atoms with Crippen LogP contribution in [0.25, 0.3) is 0 Å². The van der Waals surface area contributed by atoms with Crippen molar-refractivity contribution in [2.75, 3.05) is 24.7 Å². The van der Waals surface area contributed by atoms with Crippen molar-refractivity contribution in [3.05, 3.63) is 52.0 Å². The van der Waals surface area contributed by atoms with Crippen molar-refractivity contribution < 1.29 is 23.4 Å². The first kappa shape index (κ1) is 20.7. The van der Waals surface area contributed by atoms with Gasteiger partial charge in [0.15, 0.2) is 5.69 Å². The highest BCUT2D eigenvalue weighted by atomic mass is 19.3. The Morgan fingerprint density at radius 3 is 2.63 bits per heavy atom. The summed E-state index contributed by atoms with van der Waals surface area (Å²) < 4.78 is 32.7. The average molecular weight is 417 g/mol. The molecule has 30 heavy (non-hydrogen) atoms. The molecule has 3 heterocycles. The van der Waals surface area contributed by atoms with Gasteiger partial charge in [0.25, 0.3) is 5.92 Å². The second kappa shape index (κ2) is 7.91. The van der Waals surface area contributed by atoms with Crippen molar-refractivity contribution in [1.82, 2.24) is 9.97 Å². The van der Waals surface area contributed by atoms with E-state index in [4.69, 9.17) is 9.72 Å². The summed E-state index contributed by atoms with van der Waals surface area (Å²) in [6.45, 7) is 4.93. The van der Waals surface area contributed by atoms with Crippen LogP contribution in [0.4, 0.5) is 14.6 Å². The molecule has 0 bridgehead atoms. The largest absolute Gasteiger partial charge is 0.476 e. The molecule has 0 amide bonds. The first-order chi connectivity index (χ1) is 14.2. The SMILES string of the molecule is Cc1c(C(=O)O)nc(C2CCOCC2)nc1N1CCc2cc(C(C)(F)F)ccc2C1. The number of carboxylic acids is 1. The summed E-state index contributed by atoms with van der Waals surface area (Å²) in [5.41, 5.74) is 2.42. The number of ether oxygens (including phenoxy) is 1. The van der Waals surface area contributed by atoms with Crippen LogP contribution in [0.15, 0.2) is 18.2 Å². The van der Waals surface area contributed by atoms with E-state index in [2.05, 4.69) is 4.98 Å². The number of carbonyl (C=O) groups is 1. The lowest BCUT2D eigenvalue weighted by Gasteiger charge is -2.32. The Morgan fingerprint density at radius 2 is 1.97 bits per heavy atom. The molecule has 2 aromatic rings. The van der Waals surface area contributed by atoms with Crippen molar-refractivity contribution >= 4 is 11.8 Å². The molecule has 2 aliphatic rings. The highest BCUT2D eigenvalue weighted by molar-refractivity contribution is 5.88. The predicted octanol–water partition coefficient (Wildman–Crippen LogP) is 4.05. The molecule has 0 saturated carbocycles. The Labute approximate surface area is 173 Å². The molecule has 2 aliphatic heterocycles. The monoisotopic (exact) mass is 417 g/mol. The number of benzene rings is 1. The third-order valence-electron chi connectivity index (χ3n) is 5.95. The maximum atomic E-state index is 13.7. The van der Waals surface area contributed by atoms with Gasteiger partial charge in [-0.1, -0.05) is 12.1 Å². The first-order valence-electron chi connectivity index (χ1n) is 10.2. The zero-order valence-electron chi connectivity index (χ0n) is 17.1. The smallest absolute Gasteiger partial charge is 0.354 e. The lowest BCUT2D eigenvalue weighted by atomic mass is 9.95. The molecule has 1 aromatic heterocycles. The standard InChI is InChI=1S/C22H25F2N3O3/c1-13-18(21(28)29)25-19(14-6-9-30-10-7-14)26-20(13)27-8-5-15-11-17(22(2,23)24)4-3-16(15)12-27/h3-4,11,14H,5-10,12H2,1-2H3,(H,28,29). The summed E-state index contributed by atoms with van der Waals surface area (Å²) >= 11 is 0. The van der Waals surface area contributed by atoms with Gasteiger partial charge in [-0.25, -0.2) is 23.5 Å². The molecule has 1 aromatic carbocycles. The van der Waals surface area contributed by atoms with E-state index in [1.165, 1.54) is 6.07 Å². The van der Waals surface area contributed by atoms with Gasteiger partial charge in [-0.05, 0) is 43.4 Å². The molecule has 1 fully saturated rings. The van der Waals surface area contributed by atoms with E-state index in [9.17, 15) is 18.7 Å². The van der Waals surface area contributed by atoms with Crippen LogP contribution in [-0.2, 0) is 23.6 Å². The fourth-order valence-corrected chi connectivity index (χ4v) is 4.18. The van der Waals surface area contributed by atoms with E-state index in [1.807, 2.05) is 4.90 Å². The topological polar surface area (TPSA) is 75.5 Å². The molecule has 160 valence electrons. The third-order valence-corrected chi connectivity index (χ3v) is 5.95. The highest BCUT2D eigenvalue weighted by Crippen LogP contribution is 2.33. The van der Waals surface area contributed by atoms with Crippen LogP contribution in [0.1, 0.15) is 64.2 Å². The number of hydrogen-bond acceptors (Lipinski definition) is 5. The number of halogens is 2. The second-order valence-corrected chi connectivity index (χ2v) is 8.11. The van der Waals surface area contributed by atoms with Crippen molar-refractivity contribution in [3.63, 3.8) is 0 Å². The van der Waals surface area contributed by atoms with Crippen LogP contribution in [0, 0.1) is 6.92 Å². The van der Waals surface area contributed by atoms with Crippen molar-refractivity contribution in [3.8, 4) is 0 Å². The fourth-order valence-electron chi connectivity index (χ4n) is 4.18. The average Bonchev–Trinajstić information content (AvgIpc) is 2.73. The van der Waals surface area contributed by atoms with Gasteiger partial charge in [0.05, 0.1) is 0 Å². The number of rotatable bonds is 4. The van der Waals surface area contributed by atoms with E-state index in [0.717, 1.165) is 30.9 Å². The Bertz CT molecular complexity index is 969. The Kier molecular flexibility index (Phi) is 5.44. The fraction of sp³-hybridized carbons (Fsp3) is 0.500. The maximum absolute atomic E-state index is 13.7. The minimum absolute atomic E-state index is 0.0166. The van der Waals surface area contributed by atoms with E-state index >= 15 is 0 Å². The van der Waals surface area contributed by atoms with Gasteiger partial charge in [-0.3, -0.25) is 0 Å². The summed E-state index contributed by atoms with van der Waals surface area (Å²) in [7, 11) is 0. The number of carboxylic acid groups (broad SMARTS) is 1. The van der Waals surface area contributed by atoms with Crippen LogP contribution in [0.5, 0.6) is 0 Å². The van der Waals surface area contributed by atoms with Gasteiger partial charge in [-0.15, -0.1) is 0 Å². The van der Waals surface area contributed by atoms with Gasteiger partial charge in [0, 0.05) is 50.3 Å². The lowest BCUT2D eigenvalue weighted by Crippen LogP contribution is -2.33. The Morgan fingerprint density at radius 1 is 1.23 bits per heavy atom. The molecule has 1 saturated heterocycles. The van der Waals surface area contributed by atoms with Crippen LogP contribution >= 0.6 is 0 Å². The van der Waals surface area contributed by atoms with Crippen LogP contribution in [-0.4, -0.2) is 40.8 Å². The number of fused-ring (bicyclic) bond motifs is 1. The Hall–Kier alpha value is -2.61. The molecule has 0 spiro atoms. The molecule has 0 atom stereocenters. The minimum Gasteiger partial charge on any atom is -0.476 e. The summed E-state index contributed by atoms with van der Waals surface area (Å²) in [6, 6.07) is 4.78. The van der Waals surface area contributed by atoms with Gasteiger partial charge >= 0.3 is 5.97 Å². The first-order valence-corrected chi connectivity index (χ1v) is 10.2. The number of anilines is 1. The molecule has 0 unspecified atom stereocenters. The van der Waals surface area contributed by atoms with E-state index in [1.54, 1.807) is 19.1 Å². The van der Waals surface area contributed by atoms with E-state index < -0.39 is 11.9 Å². The van der Waals surface area contributed by atoms with Crippen molar-refractivity contribution in [1.29, 1.82) is 0 Å². The molecular formula is C22H25F2N3O3. The molecule has 1 N–H and O–H groups in total. The number of aromatic nitrogens is 2. The van der Waals surface area contributed by atoms with Gasteiger partial charge < -0.3 is 14.7 Å². The van der Waals surface area contributed by atoms with Gasteiger partial charge in [0.2, 0.25) is 0 Å². The number of alkyl halides is 2. The quantitative estimate of drug-likeness (QED) is 0.809. The number of hydrogen-bond donors (Lipinski definition) is 1. The van der Waals surface area contributed by atoms with Gasteiger partial charge in [0.1, 0.15) is 11.6 Å². The van der Waals surface area contributed by atoms with Gasteiger partial charge in [-0.2, -0.15) is 0 Å². The number of nitrogens with zero attached hydrogens (tertiary/aromatic N) is 3. The zero-order chi connectivity index (χ0) is 21.5. The summed E-state index contributed by atoms with van der Waals surface area (Å²) in [5.74, 6) is -2.72. The van der Waals surface area contributed by atoms with E-state index in [0.29, 0.717) is 49.9 Å². The molecule has 0 aliphatic carbocycles. The summed E-state index contributed by atoms with van der Waals surface area (Å²) in [5, 5.41) is 9.67. The predicted molar refractivity (Wildman–Crippen MR) is 107 cm³/mol. The van der Waals surface area contributed by atoms with Crippen molar-refractivity contribution in [2.24, 2.45) is 0 Å². The highest BCUT2D eigenvalue weighted by Gasteiger charge is 2.29. The van der Waals surface area contributed by atoms with Crippen LogP contribution in [0.2, 0.25) is 0 Å². The van der Waals surface area contributed by atoms with Crippen LogP contribution < -0.4 is 4.90 Å². The Balaban J connectivity index is 1.68. The molecule has 0 radical (unpaired) electrons. The lowest BCUT2D eigenvalue weighted by molar-refractivity contribution is 0.0173. The maximum Gasteiger partial charge on any atom is 0.354 e. The molecule has 8 heteroatoms. The molecule has 4 rings (SSSR count). The second-order valence-electron chi connectivity index (χ2n) is 8.11. The summed E-state index contributed by atoms with van der Waals surface area (Å²) in [6.07, 6.45) is 2.12. The zero-order valence-corrected chi connectivity index (χ0v) is 17.1. The number of aromatic carboxylic acids is 1. The normalized spacial score (nSPS) is 17.7. The third kappa shape index (κ3) is 4.01. The molecular weight excluding hydrogens is 392 g/mol. The minimum atomic E-state index is -2.87. The molecule has 6 nitrogen and oxygen atoms in total.